The minimum Gasteiger partial charge on any atom is -0.497 e. The van der Waals surface area contributed by atoms with Crippen LogP contribution in [0.4, 0.5) is 23.2 Å². The van der Waals surface area contributed by atoms with Gasteiger partial charge in [0.15, 0.2) is 0 Å². The molecule has 0 atom stereocenters. The Morgan fingerprint density at radius 1 is 1.06 bits per heavy atom. The molecule has 1 aromatic heterocycles. The Labute approximate surface area is 217 Å². The molecular weight excluding hydrogens is 525 g/mol. The smallest absolute Gasteiger partial charge is 0.258 e. The van der Waals surface area contributed by atoms with E-state index in [1.807, 2.05) is 0 Å². The number of amides is 1. The highest BCUT2D eigenvalue weighted by molar-refractivity contribution is 6.06. The second-order valence-corrected chi connectivity index (χ2v) is 8.07. The highest BCUT2D eigenvalue weighted by Crippen LogP contribution is 2.45. The lowest BCUT2D eigenvalue weighted by Gasteiger charge is -2.17. The maximum atomic E-state index is 15.2. The second-order valence-electron chi connectivity index (χ2n) is 8.07. The predicted molar refractivity (Wildman–Crippen MR) is 131 cm³/mol. The van der Waals surface area contributed by atoms with Crippen LogP contribution in [0.3, 0.4) is 0 Å². The summed E-state index contributed by atoms with van der Waals surface area (Å²) < 4.78 is 69.3. The number of nitrogens with zero attached hydrogens (tertiary/aromatic N) is 1. The first-order chi connectivity index (χ1) is 16.3. The van der Waals surface area contributed by atoms with Crippen LogP contribution in [0, 0.1) is 28.7 Å². The molecule has 12 heteroatoms. The zero-order chi connectivity index (χ0) is 24.5. The minimum absolute atomic E-state index is 0. The summed E-state index contributed by atoms with van der Waals surface area (Å²) in [5.41, 5.74) is 3.22. The average Bonchev–Trinajstić information content (AvgIpc) is 3.60. The summed E-state index contributed by atoms with van der Waals surface area (Å²) in [5, 5.41) is 2.46. The third-order valence-corrected chi connectivity index (χ3v) is 5.79. The fourth-order valence-electron chi connectivity index (χ4n) is 3.47. The van der Waals surface area contributed by atoms with E-state index in [1.165, 1.54) is 25.6 Å². The fourth-order valence-corrected chi connectivity index (χ4v) is 3.47. The molecule has 0 aliphatic heterocycles. The van der Waals surface area contributed by atoms with Gasteiger partial charge in [0.1, 0.15) is 40.5 Å². The standard InChI is InChI=1S/C24H21F4N3O3.2ClH/c1-33-13-8-16(26)20(17(27)9-13)21-15(25)3-2-14(22(21)28)23(32)31-18-10-30-7-4-19(18)34-12-24(11-29)5-6-24;;/h2-4,7-10H,5-6,11-12,29H2,1H3,(H,31,32);2*1H. The number of hydrogen-bond donors (Lipinski definition) is 2. The molecule has 1 aliphatic carbocycles. The molecule has 1 amide bonds. The van der Waals surface area contributed by atoms with Gasteiger partial charge >= 0.3 is 0 Å². The summed E-state index contributed by atoms with van der Waals surface area (Å²) in [5.74, 6) is -6.01. The van der Waals surface area contributed by atoms with E-state index < -0.39 is 45.9 Å². The van der Waals surface area contributed by atoms with Crippen molar-refractivity contribution in [3.63, 3.8) is 0 Å². The van der Waals surface area contributed by atoms with E-state index in [0.29, 0.717) is 13.2 Å². The van der Waals surface area contributed by atoms with Gasteiger partial charge in [0.25, 0.3) is 5.91 Å². The van der Waals surface area contributed by atoms with Crippen molar-refractivity contribution in [2.24, 2.45) is 11.1 Å². The molecule has 0 bridgehead atoms. The number of hydrogen-bond acceptors (Lipinski definition) is 5. The van der Waals surface area contributed by atoms with E-state index in [-0.39, 0.29) is 47.4 Å². The number of rotatable bonds is 8. The molecule has 2 aromatic carbocycles. The molecule has 0 saturated heterocycles. The summed E-state index contributed by atoms with van der Waals surface area (Å²) in [6, 6.07) is 4.74. The van der Waals surface area contributed by atoms with Crippen molar-refractivity contribution in [3.05, 3.63) is 71.6 Å². The molecule has 1 heterocycles. The number of ether oxygens (including phenoxy) is 2. The van der Waals surface area contributed by atoms with Gasteiger partial charge in [-0.15, -0.1) is 24.8 Å². The van der Waals surface area contributed by atoms with Crippen LogP contribution >= 0.6 is 24.8 Å². The average molecular weight is 548 g/mol. The van der Waals surface area contributed by atoms with Gasteiger partial charge in [0, 0.05) is 36.4 Å². The van der Waals surface area contributed by atoms with Gasteiger partial charge in [-0.1, -0.05) is 0 Å². The van der Waals surface area contributed by atoms with Gasteiger partial charge in [-0.05, 0) is 25.0 Å². The van der Waals surface area contributed by atoms with Crippen molar-refractivity contribution >= 4 is 36.4 Å². The van der Waals surface area contributed by atoms with Crippen molar-refractivity contribution in [3.8, 4) is 22.6 Å². The van der Waals surface area contributed by atoms with E-state index in [0.717, 1.165) is 37.1 Å². The van der Waals surface area contributed by atoms with Crippen LogP contribution in [0.25, 0.3) is 11.1 Å². The Balaban J connectivity index is 0.00000228. The summed E-state index contributed by atoms with van der Waals surface area (Å²) in [7, 11) is 1.19. The van der Waals surface area contributed by atoms with Gasteiger partial charge in [0.05, 0.1) is 36.6 Å². The monoisotopic (exact) mass is 547 g/mol. The predicted octanol–water partition coefficient (Wildman–Crippen LogP) is 5.53. The SMILES string of the molecule is COc1cc(F)c(-c2c(F)ccc(C(=O)Nc3cnccc3OCC3(CN)CC3)c2F)c(F)c1.Cl.Cl. The first-order valence-corrected chi connectivity index (χ1v) is 10.4. The first-order valence-electron chi connectivity index (χ1n) is 10.4. The summed E-state index contributed by atoms with van der Waals surface area (Å²) in [6.45, 7) is 0.795. The van der Waals surface area contributed by atoms with Crippen LogP contribution in [-0.4, -0.2) is 31.2 Å². The summed E-state index contributed by atoms with van der Waals surface area (Å²) >= 11 is 0. The van der Waals surface area contributed by atoms with E-state index in [1.54, 1.807) is 0 Å². The largest absolute Gasteiger partial charge is 0.497 e. The fraction of sp³-hybridized carbons (Fsp3) is 0.250. The van der Waals surface area contributed by atoms with Crippen LogP contribution in [0.15, 0.2) is 42.7 Å². The number of methoxy groups -OCH3 is 1. The molecule has 36 heavy (non-hydrogen) atoms. The topological polar surface area (TPSA) is 86.5 Å². The molecule has 1 saturated carbocycles. The Hall–Kier alpha value is -3.08. The van der Waals surface area contributed by atoms with Crippen LogP contribution in [0.5, 0.6) is 11.5 Å². The van der Waals surface area contributed by atoms with E-state index in [9.17, 15) is 18.0 Å². The van der Waals surface area contributed by atoms with Crippen LogP contribution in [-0.2, 0) is 0 Å². The lowest BCUT2D eigenvalue weighted by Crippen LogP contribution is -2.23. The van der Waals surface area contributed by atoms with Gasteiger partial charge in [0.2, 0.25) is 0 Å². The maximum Gasteiger partial charge on any atom is 0.258 e. The van der Waals surface area contributed by atoms with E-state index >= 15 is 4.39 Å². The van der Waals surface area contributed by atoms with Crippen molar-refractivity contribution in [2.45, 2.75) is 12.8 Å². The third-order valence-electron chi connectivity index (χ3n) is 5.79. The van der Waals surface area contributed by atoms with Crippen molar-refractivity contribution in [2.75, 3.05) is 25.6 Å². The molecule has 0 unspecified atom stereocenters. The number of halogens is 6. The number of benzene rings is 2. The Kier molecular flexibility index (Phi) is 9.53. The highest BCUT2D eigenvalue weighted by atomic mass is 35.5. The Morgan fingerprint density at radius 3 is 2.31 bits per heavy atom. The zero-order valence-corrected chi connectivity index (χ0v) is 20.6. The molecule has 4 rings (SSSR count). The van der Waals surface area contributed by atoms with Gasteiger partial charge in [-0.25, -0.2) is 17.6 Å². The summed E-state index contributed by atoms with van der Waals surface area (Å²) in [6.07, 6.45) is 4.62. The van der Waals surface area contributed by atoms with E-state index in [2.05, 4.69) is 10.3 Å². The number of aromatic nitrogens is 1. The highest BCUT2D eigenvalue weighted by Gasteiger charge is 2.42. The molecule has 1 fully saturated rings. The molecular formula is C24H23Cl2F4N3O3. The second kappa shape index (κ2) is 11.8. The number of anilines is 1. The maximum absolute atomic E-state index is 15.2. The van der Waals surface area contributed by atoms with Gasteiger partial charge < -0.3 is 20.5 Å². The number of carbonyl (C=O) groups is 1. The number of carbonyl (C=O) groups excluding carboxylic acids is 1. The van der Waals surface area contributed by atoms with Gasteiger partial charge in [-0.2, -0.15) is 0 Å². The molecule has 0 spiro atoms. The lowest BCUT2D eigenvalue weighted by molar-refractivity contribution is 0.102. The quantitative estimate of drug-likeness (QED) is 0.362. The first kappa shape index (κ1) is 29.2. The zero-order valence-electron chi connectivity index (χ0n) is 18.9. The number of nitrogens with one attached hydrogen (secondary N) is 1. The molecule has 1 aliphatic rings. The normalized spacial score (nSPS) is 13.2. The Morgan fingerprint density at radius 2 is 1.72 bits per heavy atom. The molecule has 0 radical (unpaired) electrons. The van der Waals surface area contributed by atoms with Crippen molar-refractivity contribution in [1.82, 2.24) is 4.98 Å². The molecule has 6 nitrogen and oxygen atoms in total. The Bertz CT molecular complexity index is 1240. The van der Waals surface area contributed by atoms with Gasteiger partial charge in [-0.3, -0.25) is 9.78 Å². The molecule has 194 valence electrons. The third kappa shape index (κ3) is 5.83. The van der Waals surface area contributed by atoms with Crippen LogP contribution in [0.1, 0.15) is 23.2 Å². The van der Waals surface area contributed by atoms with Crippen LogP contribution in [0.2, 0.25) is 0 Å². The minimum atomic E-state index is -1.42. The van der Waals surface area contributed by atoms with Crippen molar-refractivity contribution in [1.29, 1.82) is 0 Å². The van der Waals surface area contributed by atoms with Crippen LogP contribution < -0.4 is 20.5 Å². The number of pyridine rings is 1. The van der Waals surface area contributed by atoms with E-state index in [4.69, 9.17) is 15.2 Å². The molecule has 3 N–H and O–H groups in total. The summed E-state index contributed by atoms with van der Waals surface area (Å²) in [4.78, 5) is 16.8. The lowest BCUT2D eigenvalue weighted by atomic mass is 9.99. The number of nitrogens with two attached hydrogens (primary N) is 1. The molecule has 3 aromatic rings. The van der Waals surface area contributed by atoms with Crippen molar-refractivity contribution < 1.29 is 31.8 Å².